The van der Waals surface area contributed by atoms with Gasteiger partial charge in [0.2, 0.25) is 5.91 Å². The number of primary amides is 1. The fourth-order valence-electron chi connectivity index (χ4n) is 3.21. The number of hydrogen-bond acceptors (Lipinski definition) is 3. The number of ether oxygens (including phenoxy) is 1. The lowest BCUT2D eigenvalue weighted by atomic mass is 9.96. The van der Waals surface area contributed by atoms with Crippen molar-refractivity contribution in [3.8, 4) is 5.75 Å². The number of amides is 1. The van der Waals surface area contributed by atoms with Crippen LogP contribution < -0.4 is 10.5 Å². The number of hydrogen-bond donors (Lipinski definition) is 2. The number of nitrogens with two attached hydrogens (primary N) is 1. The highest BCUT2D eigenvalue weighted by atomic mass is 16.5. The first-order chi connectivity index (χ1) is 12.6. The summed E-state index contributed by atoms with van der Waals surface area (Å²) >= 11 is 0. The van der Waals surface area contributed by atoms with Gasteiger partial charge in [-0.2, -0.15) is 0 Å². The molecule has 2 aromatic rings. The minimum Gasteiger partial charge on any atom is -0.486 e. The molecule has 5 nitrogen and oxygen atoms in total. The van der Waals surface area contributed by atoms with Crippen LogP contribution in [0.2, 0.25) is 0 Å². The molecule has 1 amide bonds. The summed E-state index contributed by atoms with van der Waals surface area (Å²) in [5.74, 6) is 0.917. The number of nitrogens with one attached hydrogen (secondary N) is 1. The van der Waals surface area contributed by atoms with Crippen molar-refractivity contribution in [2.75, 3.05) is 19.7 Å². The van der Waals surface area contributed by atoms with Gasteiger partial charge in [-0.3, -0.25) is 10.2 Å². The van der Waals surface area contributed by atoms with E-state index in [0.717, 1.165) is 12.2 Å². The van der Waals surface area contributed by atoms with E-state index in [-0.39, 0.29) is 18.4 Å². The minimum atomic E-state index is -0.233. The summed E-state index contributed by atoms with van der Waals surface area (Å²) in [7, 11) is 0. The molecule has 1 saturated heterocycles. The van der Waals surface area contributed by atoms with Crippen LogP contribution in [0.25, 0.3) is 0 Å². The molecule has 5 heteroatoms. The molecule has 2 aromatic carbocycles. The number of piperidine rings is 1. The van der Waals surface area contributed by atoms with Crippen molar-refractivity contribution in [2.45, 2.75) is 19.3 Å². The Bertz CT molecular complexity index is 736. The first-order valence-corrected chi connectivity index (χ1v) is 8.99. The molecule has 1 aliphatic heterocycles. The smallest absolute Gasteiger partial charge is 0.220 e. The van der Waals surface area contributed by atoms with Crippen LogP contribution in [0.1, 0.15) is 24.0 Å². The van der Waals surface area contributed by atoms with Gasteiger partial charge in [-0.1, -0.05) is 42.5 Å². The van der Waals surface area contributed by atoms with Gasteiger partial charge in [0.15, 0.2) is 0 Å². The van der Waals surface area contributed by atoms with Crippen molar-refractivity contribution in [3.05, 3.63) is 65.7 Å². The van der Waals surface area contributed by atoms with Gasteiger partial charge < -0.3 is 15.4 Å². The number of amidine groups is 1. The highest BCUT2D eigenvalue weighted by molar-refractivity contribution is 5.81. The van der Waals surface area contributed by atoms with Crippen LogP contribution in [-0.4, -0.2) is 36.3 Å². The van der Waals surface area contributed by atoms with Crippen LogP contribution in [0.4, 0.5) is 0 Å². The largest absolute Gasteiger partial charge is 0.486 e. The van der Waals surface area contributed by atoms with Gasteiger partial charge >= 0.3 is 0 Å². The molecule has 0 spiro atoms. The van der Waals surface area contributed by atoms with Crippen LogP contribution in [0.5, 0.6) is 5.75 Å². The Morgan fingerprint density at radius 3 is 2.27 bits per heavy atom. The monoisotopic (exact) mass is 351 g/mol. The second-order valence-corrected chi connectivity index (χ2v) is 6.71. The number of likely N-dealkylation sites (tertiary alicyclic amines) is 1. The van der Waals surface area contributed by atoms with Crippen molar-refractivity contribution >= 4 is 11.7 Å². The molecule has 0 aliphatic carbocycles. The second-order valence-electron chi connectivity index (χ2n) is 6.71. The first-order valence-electron chi connectivity index (χ1n) is 8.99. The van der Waals surface area contributed by atoms with Crippen LogP contribution in [0.15, 0.2) is 54.6 Å². The fraction of sp³-hybridized carbons (Fsp3) is 0.333. The normalized spacial score (nSPS) is 14.8. The topological polar surface area (TPSA) is 79.4 Å². The number of carbonyl (C=O) groups is 1. The van der Waals surface area contributed by atoms with E-state index in [1.807, 2.05) is 35.2 Å². The maximum Gasteiger partial charge on any atom is 0.220 e. The average Bonchev–Trinajstić information content (AvgIpc) is 2.68. The second kappa shape index (κ2) is 8.52. The Balaban J connectivity index is 1.46. The van der Waals surface area contributed by atoms with E-state index in [9.17, 15) is 4.79 Å². The van der Waals surface area contributed by atoms with E-state index in [1.54, 1.807) is 0 Å². The molecule has 1 aliphatic rings. The van der Waals surface area contributed by atoms with Gasteiger partial charge in [0.25, 0.3) is 0 Å². The highest BCUT2D eigenvalue weighted by Crippen LogP contribution is 2.18. The van der Waals surface area contributed by atoms with Gasteiger partial charge in [0.05, 0.1) is 0 Å². The Hall–Kier alpha value is -2.82. The van der Waals surface area contributed by atoms with E-state index in [1.165, 1.54) is 11.1 Å². The van der Waals surface area contributed by atoms with E-state index < -0.39 is 0 Å². The molecule has 1 fully saturated rings. The lowest BCUT2D eigenvalue weighted by molar-refractivity contribution is -0.122. The molecule has 0 saturated carbocycles. The molecule has 0 atom stereocenters. The van der Waals surface area contributed by atoms with Crippen LogP contribution in [0.3, 0.4) is 0 Å². The van der Waals surface area contributed by atoms with Gasteiger partial charge in [-0.15, -0.1) is 0 Å². The molecular formula is C21H25N3O2. The molecule has 1 heterocycles. The highest BCUT2D eigenvalue weighted by Gasteiger charge is 2.24. The predicted molar refractivity (Wildman–Crippen MR) is 102 cm³/mol. The maximum absolute atomic E-state index is 11.2. The van der Waals surface area contributed by atoms with Gasteiger partial charge in [0, 0.05) is 19.0 Å². The molecule has 0 aromatic heterocycles. The van der Waals surface area contributed by atoms with E-state index in [2.05, 4.69) is 24.3 Å². The third-order valence-corrected chi connectivity index (χ3v) is 4.83. The van der Waals surface area contributed by atoms with Crippen molar-refractivity contribution < 1.29 is 9.53 Å². The summed E-state index contributed by atoms with van der Waals surface area (Å²) in [5.41, 5.74) is 7.86. The Morgan fingerprint density at radius 2 is 1.65 bits per heavy atom. The number of rotatable bonds is 6. The molecular weight excluding hydrogens is 326 g/mol. The SMILES string of the molecule is N=C(COc1ccc(Cc2ccccc2)cc1)N1CCC(C(N)=O)CC1. The lowest BCUT2D eigenvalue weighted by Gasteiger charge is -2.32. The molecule has 0 bridgehead atoms. The summed E-state index contributed by atoms with van der Waals surface area (Å²) in [6.07, 6.45) is 2.32. The number of nitrogens with zero attached hydrogens (tertiary/aromatic N) is 1. The summed E-state index contributed by atoms with van der Waals surface area (Å²) in [4.78, 5) is 13.2. The zero-order valence-electron chi connectivity index (χ0n) is 14.9. The standard InChI is InChI=1S/C21H25N3O2/c22-20(24-12-10-18(11-13-24)21(23)25)15-26-19-8-6-17(7-9-19)14-16-4-2-1-3-5-16/h1-9,18,22H,10-15H2,(H2,23,25). The summed E-state index contributed by atoms with van der Waals surface area (Å²) < 4.78 is 5.74. The van der Waals surface area contributed by atoms with Gasteiger partial charge in [0.1, 0.15) is 18.2 Å². The Kier molecular flexibility index (Phi) is 5.89. The molecule has 0 radical (unpaired) electrons. The summed E-state index contributed by atoms with van der Waals surface area (Å²) in [6, 6.07) is 18.4. The molecule has 26 heavy (non-hydrogen) atoms. The van der Waals surface area contributed by atoms with Crippen LogP contribution in [0, 0.1) is 11.3 Å². The molecule has 3 rings (SSSR count). The zero-order valence-corrected chi connectivity index (χ0v) is 14.9. The summed E-state index contributed by atoms with van der Waals surface area (Å²) in [5, 5.41) is 8.18. The third kappa shape index (κ3) is 4.85. The minimum absolute atomic E-state index is 0.0582. The Morgan fingerprint density at radius 1 is 1.04 bits per heavy atom. The fourth-order valence-corrected chi connectivity index (χ4v) is 3.21. The predicted octanol–water partition coefficient (Wildman–Crippen LogP) is 2.83. The maximum atomic E-state index is 11.2. The van der Waals surface area contributed by atoms with Crippen molar-refractivity contribution in [1.82, 2.24) is 4.90 Å². The van der Waals surface area contributed by atoms with Gasteiger partial charge in [-0.25, -0.2) is 0 Å². The molecule has 3 N–H and O–H groups in total. The first kappa shape index (κ1) is 18.0. The lowest BCUT2D eigenvalue weighted by Crippen LogP contribution is -2.43. The van der Waals surface area contributed by atoms with Crippen molar-refractivity contribution in [3.63, 3.8) is 0 Å². The van der Waals surface area contributed by atoms with Crippen LogP contribution in [-0.2, 0) is 11.2 Å². The number of carbonyl (C=O) groups excluding carboxylic acids is 1. The van der Waals surface area contributed by atoms with E-state index in [0.29, 0.717) is 31.8 Å². The summed E-state index contributed by atoms with van der Waals surface area (Å²) in [6.45, 7) is 1.61. The zero-order chi connectivity index (χ0) is 18.4. The van der Waals surface area contributed by atoms with Crippen molar-refractivity contribution in [2.24, 2.45) is 11.7 Å². The molecule has 0 unspecified atom stereocenters. The molecule has 136 valence electrons. The average molecular weight is 351 g/mol. The van der Waals surface area contributed by atoms with E-state index >= 15 is 0 Å². The van der Waals surface area contributed by atoms with E-state index in [4.69, 9.17) is 15.9 Å². The van der Waals surface area contributed by atoms with Gasteiger partial charge in [-0.05, 0) is 42.5 Å². The Labute approximate surface area is 154 Å². The van der Waals surface area contributed by atoms with Crippen molar-refractivity contribution in [1.29, 1.82) is 5.41 Å². The quantitative estimate of drug-likeness (QED) is 0.620. The van der Waals surface area contributed by atoms with Crippen LogP contribution >= 0.6 is 0 Å². The number of benzene rings is 2. The third-order valence-electron chi connectivity index (χ3n) is 4.83.